The van der Waals surface area contributed by atoms with E-state index in [1.54, 1.807) is 12.1 Å². The van der Waals surface area contributed by atoms with Crippen LogP contribution in [0.25, 0.3) is 11.1 Å². The number of hydrogen-bond donors (Lipinski definition) is 1. The molecule has 162 valence electrons. The number of rotatable bonds is 7. The molecule has 31 heavy (non-hydrogen) atoms. The average Bonchev–Trinajstić information content (AvgIpc) is 2.77. The highest BCUT2D eigenvalue weighted by molar-refractivity contribution is 7.91. The Morgan fingerprint density at radius 3 is 2.03 bits per heavy atom. The summed E-state index contributed by atoms with van der Waals surface area (Å²) in [5.74, 6) is -0.612. The molecule has 0 aliphatic heterocycles. The molecule has 1 heterocycles. The summed E-state index contributed by atoms with van der Waals surface area (Å²) < 4.78 is 63.8. The Morgan fingerprint density at radius 2 is 1.55 bits per heavy atom. The fraction of sp³-hybridized carbons (Fsp3) is 0.143. The highest BCUT2D eigenvalue weighted by Crippen LogP contribution is 2.31. The van der Waals surface area contributed by atoms with E-state index in [1.807, 2.05) is 0 Å². The van der Waals surface area contributed by atoms with Gasteiger partial charge in [-0.2, -0.15) is 13.2 Å². The fourth-order valence-electron chi connectivity index (χ4n) is 2.95. The maximum Gasteiger partial charge on any atom is 0.416 e. The Labute approximate surface area is 176 Å². The van der Waals surface area contributed by atoms with Crippen molar-refractivity contribution < 1.29 is 31.6 Å². The van der Waals surface area contributed by atoms with Crippen LogP contribution in [-0.4, -0.2) is 35.8 Å². The van der Waals surface area contributed by atoms with Crippen LogP contribution in [0.15, 0.2) is 77.8 Å². The number of carbonyl (C=O) groups is 1. The first-order valence-electron chi connectivity index (χ1n) is 8.96. The predicted octanol–water partition coefficient (Wildman–Crippen LogP) is 4.13. The summed E-state index contributed by atoms with van der Waals surface area (Å²) >= 11 is 0. The molecule has 0 radical (unpaired) electrons. The second kappa shape index (κ2) is 8.86. The molecule has 0 saturated heterocycles. The Balaban J connectivity index is 1.84. The lowest BCUT2D eigenvalue weighted by Gasteiger charge is -2.22. The van der Waals surface area contributed by atoms with Crippen LogP contribution < -0.4 is 0 Å². The fourth-order valence-corrected chi connectivity index (χ4v) is 4.44. The minimum absolute atomic E-state index is 0.0663. The second-order valence-corrected chi connectivity index (χ2v) is 8.67. The highest BCUT2D eigenvalue weighted by atomic mass is 32.2. The lowest BCUT2D eigenvalue weighted by atomic mass is 10.0. The quantitative estimate of drug-likeness (QED) is 0.332. The third kappa shape index (κ3) is 5.28. The molecule has 0 bridgehead atoms. The van der Waals surface area contributed by atoms with Crippen molar-refractivity contribution in [3.8, 4) is 11.1 Å². The first-order valence-corrected chi connectivity index (χ1v) is 10.6. The first-order chi connectivity index (χ1) is 14.6. The normalized spacial score (nSPS) is 12.9. The number of sulfone groups is 1. The third-order valence-electron chi connectivity index (χ3n) is 4.59. The molecular weight excluding hydrogens is 433 g/mol. The molecular formula is C21H17F3N2O4S. The maximum atomic E-state index is 12.8. The van der Waals surface area contributed by atoms with Gasteiger partial charge in [0.2, 0.25) is 6.41 Å². The van der Waals surface area contributed by atoms with Crippen molar-refractivity contribution >= 4 is 16.2 Å². The van der Waals surface area contributed by atoms with Crippen LogP contribution in [0.4, 0.5) is 13.2 Å². The molecule has 0 spiro atoms. The van der Waals surface area contributed by atoms with Gasteiger partial charge in [0.15, 0.2) is 9.84 Å². The van der Waals surface area contributed by atoms with Crippen molar-refractivity contribution in [2.75, 3.05) is 5.75 Å². The highest BCUT2D eigenvalue weighted by Gasteiger charge is 2.30. The number of aromatic nitrogens is 1. The van der Waals surface area contributed by atoms with E-state index in [-0.39, 0.29) is 22.1 Å². The lowest BCUT2D eigenvalue weighted by Crippen LogP contribution is -2.30. The van der Waals surface area contributed by atoms with Gasteiger partial charge in [0.1, 0.15) is 6.04 Å². The van der Waals surface area contributed by atoms with E-state index in [9.17, 15) is 31.6 Å². The van der Waals surface area contributed by atoms with Crippen molar-refractivity contribution in [1.82, 2.24) is 10.0 Å². The summed E-state index contributed by atoms with van der Waals surface area (Å²) in [6.45, 7) is 0. The van der Waals surface area contributed by atoms with Gasteiger partial charge in [0.25, 0.3) is 0 Å². The zero-order valence-corrected chi connectivity index (χ0v) is 16.7. The van der Waals surface area contributed by atoms with Crippen LogP contribution in [-0.2, 0) is 20.8 Å². The summed E-state index contributed by atoms with van der Waals surface area (Å²) in [7, 11) is -3.94. The minimum atomic E-state index is -4.44. The van der Waals surface area contributed by atoms with Gasteiger partial charge in [-0.1, -0.05) is 30.3 Å². The Morgan fingerprint density at radius 1 is 0.968 bits per heavy atom. The molecule has 2 aromatic carbocycles. The molecule has 1 aromatic heterocycles. The zero-order chi connectivity index (χ0) is 22.6. The van der Waals surface area contributed by atoms with E-state index in [0.717, 1.165) is 12.1 Å². The zero-order valence-electron chi connectivity index (χ0n) is 15.9. The molecule has 0 aliphatic carbocycles. The van der Waals surface area contributed by atoms with Crippen molar-refractivity contribution in [1.29, 1.82) is 0 Å². The molecule has 0 saturated carbocycles. The molecule has 10 heteroatoms. The Bertz CT molecular complexity index is 1130. The van der Waals surface area contributed by atoms with E-state index in [2.05, 4.69) is 4.98 Å². The predicted molar refractivity (Wildman–Crippen MR) is 106 cm³/mol. The molecule has 1 N–H and O–H groups in total. The number of pyridine rings is 1. The second-order valence-electron chi connectivity index (χ2n) is 6.64. The Hall–Kier alpha value is -3.24. The number of benzene rings is 2. The van der Waals surface area contributed by atoms with Crippen molar-refractivity contribution in [3.05, 3.63) is 84.2 Å². The summed E-state index contributed by atoms with van der Waals surface area (Å²) in [5, 5.41) is 10.1. The molecule has 1 amide bonds. The number of carbonyl (C=O) groups excluding carboxylic acids is 1. The van der Waals surface area contributed by atoms with Crippen molar-refractivity contribution in [2.45, 2.75) is 17.1 Å². The molecule has 1 atom stereocenters. The van der Waals surface area contributed by atoms with Crippen molar-refractivity contribution in [2.24, 2.45) is 0 Å². The summed E-state index contributed by atoms with van der Waals surface area (Å²) in [5.41, 5.74) is 0.443. The standard InChI is InChI=1S/C21H17F3N2O4S/c22-21(23,24)17-8-4-15(5-9-17)16-6-10-18(11-7-16)31(29,30)13-20(26(28)14-27)19-3-1-2-12-25-19/h1-12,14,20,28H,13H2. The Kier molecular flexibility index (Phi) is 6.42. The van der Waals surface area contributed by atoms with E-state index in [0.29, 0.717) is 11.1 Å². The SMILES string of the molecule is O=CN(O)C(CS(=O)(=O)c1ccc(-c2ccc(C(F)(F)F)cc2)cc1)c1ccccn1. The monoisotopic (exact) mass is 450 g/mol. The number of halogens is 3. The average molecular weight is 450 g/mol. The van der Waals surface area contributed by atoms with Gasteiger partial charge in [-0.05, 0) is 47.5 Å². The van der Waals surface area contributed by atoms with Crippen molar-refractivity contribution in [3.63, 3.8) is 0 Å². The molecule has 3 rings (SSSR count). The molecule has 3 aromatic rings. The molecule has 1 unspecified atom stereocenters. The van der Waals surface area contributed by atoms with E-state index in [4.69, 9.17) is 0 Å². The van der Waals surface area contributed by atoms with E-state index in [1.165, 1.54) is 48.7 Å². The van der Waals surface area contributed by atoms with Gasteiger partial charge >= 0.3 is 6.18 Å². The maximum absolute atomic E-state index is 12.8. The summed E-state index contributed by atoms with van der Waals surface area (Å²) in [6.07, 6.45) is -2.93. The number of hydroxylamine groups is 2. The van der Waals surface area contributed by atoms with Crippen LogP contribution in [0, 0.1) is 0 Å². The van der Waals surface area contributed by atoms with Gasteiger partial charge in [-0.3, -0.25) is 15.0 Å². The largest absolute Gasteiger partial charge is 0.416 e. The van der Waals surface area contributed by atoms with Crippen LogP contribution in [0.3, 0.4) is 0 Å². The van der Waals surface area contributed by atoms with Gasteiger partial charge in [-0.15, -0.1) is 0 Å². The van der Waals surface area contributed by atoms with Gasteiger partial charge in [0.05, 0.1) is 21.9 Å². The molecule has 6 nitrogen and oxygen atoms in total. The third-order valence-corrected chi connectivity index (χ3v) is 6.34. The number of amides is 1. The number of alkyl halides is 3. The van der Waals surface area contributed by atoms with E-state index < -0.39 is 33.4 Å². The van der Waals surface area contributed by atoms with E-state index >= 15 is 0 Å². The van der Waals surface area contributed by atoms with Crippen LogP contribution in [0.1, 0.15) is 17.3 Å². The number of hydrogen-bond acceptors (Lipinski definition) is 5. The van der Waals surface area contributed by atoms with Crippen LogP contribution in [0.5, 0.6) is 0 Å². The topological polar surface area (TPSA) is 87.6 Å². The molecule has 0 fully saturated rings. The van der Waals surface area contributed by atoms with Gasteiger partial charge in [0, 0.05) is 6.20 Å². The summed E-state index contributed by atoms with van der Waals surface area (Å²) in [6, 6.07) is 13.6. The van der Waals surface area contributed by atoms with Crippen LogP contribution >= 0.6 is 0 Å². The first kappa shape index (κ1) is 22.4. The van der Waals surface area contributed by atoms with Crippen LogP contribution in [0.2, 0.25) is 0 Å². The molecule has 0 aliphatic rings. The number of nitrogens with zero attached hydrogens (tertiary/aromatic N) is 2. The lowest BCUT2D eigenvalue weighted by molar-refractivity contribution is -0.159. The van der Waals surface area contributed by atoms with Gasteiger partial charge in [-0.25, -0.2) is 13.5 Å². The smallest absolute Gasteiger partial charge is 0.285 e. The minimum Gasteiger partial charge on any atom is -0.285 e. The summed E-state index contributed by atoms with van der Waals surface area (Å²) in [4.78, 5) is 14.9. The van der Waals surface area contributed by atoms with Gasteiger partial charge < -0.3 is 0 Å².